The van der Waals surface area contributed by atoms with Crippen LogP contribution in [0, 0.1) is 0 Å². The van der Waals surface area contributed by atoms with Crippen LogP contribution in [0.5, 0.6) is 0 Å². The average molecular weight is 177 g/mol. The fourth-order valence-corrected chi connectivity index (χ4v) is 0.899. The number of hydrogen-bond donors (Lipinski definition) is 0. The zero-order valence-electron chi connectivity index (χ0n) is 8.68. The first-order valence-electron chi connectivity index (χ1n) is 4.40. The van der Waals surface area contributed by atoms with Gasteiger partial charge < -0.3 is 4.90 Å². The largest absolute Gasteiger partial charge is 0.306 e. The molecular weight excluding hydrogens is 154 g/mol. The van der Waals surface area contributed by atoms with E-state index in [1.165, 1.54) is 25.3 Å². The molecule has 0 aliphatic heterocycles. The zero-order valence-corrected chi connectivity index (χ0v) is 9.50. The van der Waals surface area contributed by atoms with Crippen molar-refractivity contribution in [1.82, 2.24) is 4.90 Å². The van der Waals surface area contributed by atoms with Gasteiger partial charge in [0.2, 0.25) is 0 Å². The van der Waals surface area contributed by atoms with E-state index >= 15 is 0 Å². The van der Waals surface area contributed by atoms with Gasteiger partial charge in [0, 0.05) is 12.3 Å². The van der Waals surface area contributed by atoms with Crippen LogP contribution in [0.2, 0.25) is 0 Å². The molecule has 2 heteroatoms. The molecule has 0 aromatic carbocycles. The van der Waals surface area contributed by atoms with E-state index in [9.17, 15) is 0 Å². The molecule has 1 nitrogen and oxygen atoms in total. The Kier molecular flexibility index (Phi) is 16.3. The first-order chi connectivity index (χ1) is 5.22. The molecule has 0 atom stereocenters. The molecule has 0 saturated heterocycles. The smallest absolute Gasteiger partial charge is 0.00691 e. The number of hydrogen-bond acceptors (Lipinski definition) is 2. The van der Waals surface area contributed by atoms with Crippen LogP contribution in [0.15, 0.2) is 0 Å². The molecule has 0 spiro atoms. The van der Waals surface area contributed by atoms with Crippen LogP contribution in [0.25, 0.3) is 0 Å². The van der Waals surface area contributed by atoms with Crippen LogP contribution >= 0.6 is 11.8 Å². The lowest BCUT2D eigenvalue weighted by molar-refractivity contribution is 0.377. The van der Waals surface area contributed by atoms with E-state index in [-0.39, 0.29) is 0 Å². The van der Waals surface area contributed by atoms with Crippen molar-refractivity contribution in [2.75, 3.05) is 32.1 Å². The highest BCUT2D eigenvalue weighted by Crippen LogP contribution is 1.91. The summed E-state index contributed by atoms with van der Waals surface area (Å²) in [5.41, 5.74) is 0. The third kappa shape index (κ3) is 17.9. The first-order valence-corrected chi connectivity index (χ1v) is 5.79. The van der Waals surface area contributed by atoms with Gasteiger partial charge in [0.15, 0.2) is 0 Å². The monoisotopic (exact) mass is 177 g/mol. The molecule has 0 bridgehead atoms. The molecule has 0 aromatic rings. The third-order valence-corrected chi connectivity index (χ3v) is 1.81. The molecule has 0 amide bonds. The molecule has 70 valence electrons. The van der Waals surface area contributed by atoms with E-state index in [2.05, 4.69) is 39.0 Å². The van der Waals surface area contributed by atoms with Crippen molar-refractivity contribution in [3.05, 3.63) is 0 Å². The maximum atomic E-state index is 2.32. The summed E-state index contributed by atoms with van der Waals surface area (Å²) in [5.74, 6) is 1.25. The summed E-state index contributed by atoms with van der Waals surface area (Å²) < 4.78 is 0. The molecule has 0 saturated carbocycles. The van der Waals surface area contributed by atoms with Gasteiger partial charge in [0.05, 0.1) is 0 Å². The van der Waals surface area contributed by atoms with Crippen LogP contribution in [-0.2, 0) is 0 Å². The summed E-state index contributed by atoms with van der Waals surface area (Å²) in [6, 6.07) is 0. The molecule has 0 fully saturated rings. The molecule has 11 heavy (non-hydrogen) atoms. The predicted molar refractivity (Wildman–Crippen MR) is 57.5 cm³/mol. The van der Waals surface area contributed by atoms with Gasteiger partial charge in [0.1, 0.15) is 0 Å². The topological polar surface area (TPSA) is 3.24 Å². The Balaban J connectivity index is 0. The minimum Gasteiger partial charge on any atom is -0.306 e. The van der Waals surface area contributed by atoms with Crippen molar-refractivity contribution in [3.8, 4) is 0 Å². The number of nitrogens with zero attached hydrogens (tertiary/aromatic N) is 1. The second-order valence-corrected chi connectivity index (χ2v) is 3.58. The lowest BCUT2D eigenvalue weighted by atomic mass is 10.6. The molecule has 0 unspecified atom stereocenters. The van der Waals surface area contributed by atoms with Gasteiger partial charge in [-0.3, -0.25) is 0 Å². The normalized spacial score (nSPS) is 9.27. The van der Waals surface area contributed by atoms with Gasteiger partial charge in [-0.15, -0.1) is 0 Å². The third-order valence-electron chi connectivity index (χ3n) is 1.22. The minimum atomic E-state index is 1.17. The van der Waals surface area contributed by atoms with Gasteiger partial charge >= 0.3 is 0 Å². The molecule has 0 rings (SSSR count). The quantitative estimate of drug-likeness (QED) is 0.649. The molecule has 0 aliphatic rings. The van der Waals surface area contributed by atoms with Crippen molar-refractivity contribution >= 4 is 11.8 Å². The molecule has 0 aliphatic carbocycles. The second-order valence-electron chi connectivity index (χ2n) is 2.60. The zero-order chi connectivity index (χ0) is 9.11. The van der Waals surface area contributed by atoms with Crippen molar-refractivity contribution in [2.45, 2.75) is 27.2 Å². The summed E-state index contributed by atoms with van der Waals surface area (Å²) in [4.78, 5) is 2.32. The van der Waals surface area contributed by atoms with Crippen molar-refractivity contribution < 1.29 is 0 Å². The van der Waals surface area contributed by atoms with Gasteiger partial charge in [-0.1, -0.05) is 27.2 Å². The summed E-state index contributed by atoms with van der Waals surface area (Å²) in [6.07, 6.45) is 3.39. The summed E-state index contributed by atoms with van der Waals surface area (Å²) in [6.45, 7) is 8.82. The lowest BCUT2D eigenvalue weighted by Gasteiger charge is -2.11. The van der Waals surface area contributed by atoms with Crippen LogP contribution < -0.4 is 0 Å². The summed E-state index contributed by atoms with van der Waals surface area (Å²) in [5, 5.41) is 0. The van der Waals surface area contributed by atoms with E-state index in [1.54, 1.807) is 0 Å². The highest BCUT2D eigenvalue weighted by atomic mass is 32.2. The van der Waals surface area contributed by atoms with Gasteiger partial charge in [-0.25, -0.2) is 0 Å². The molecule has 0 heterocycles. The van der Waals surface area contributed by atoms with Crippen LogP contribution in [0.1, 0.15) is 27.2 Å². The van der Waals surface area contributed by atoms with Crippen LogP contribution in [0.4, 0.5) is 0 Å². The average Bonchev–Trinajstić information content (AvgIpc) is 2.02. The molecule has 0 N–H and O–H groups in total. The lowest BCUT2D eigenvalue weighted by Crippen LogP contribution is -2.20. The highest BCUT2D eigenvalue weighted by Gasteiger charge is 1.89. The first kappa shape index (κ1) is 13.9. The van der Waals surface area contributed by atoms with E-state index in [0.717, 1.165) is 0 Å². The summed E-state index contributed by atoms with van der Waals surface area (Å²) in [7, 11) is 2.15. The Morgan fingerprint density at radius 3 is 1.91 bits per heavy atom. The standard InChI is InChI=1S/C6H15NS.C3H8/c1-4-7(2)5-6-8-3;1-3-2/h4-6H2,1-3H3;3H2,1-2H3. The maximum absolute atomic E-state index is 2.32. The van der Waals surface area contributed by atoms with E-state index in [1.807, 2.05) is 11.8 Å². The van der Waals surface area contributed by atoms with Crippen molar-refractivity contribution in [3.63, 3.8) is 0 Å². The minimum absolute atomic E-state index is 1.17. The Labute approximate surface area is 76.5 Å². The summed E-state index contributed by atoms with van der Waals surface area (Å²) >= 11 is 1.90. The van der Waals surface area contributed by atoms with E-state index in [0.29, 0.717) is 0 Å². The van der Waals surface area contributed by atoms with E-state index in [4.69, 9.17) is 0 Å². The van der Waals surface area contributed by atoms with Crippen LogP contribution in [-0.4, -0.2) is 37.0 Å². The maximum Gasteiger partial charge on any atom is 0.00691 e. The number of thioether (sulfide) groups is 1. The molecule has 0 aromatic heterocycles. The molecule has 0 radical (unpaired) electrons. The Morgan fingerprint density at radius 2 is 1.64 bits per heavy atom. The second kappa shape index (κ2) is 12.9. The Hall–Kier alpha value is 0.310. The van der Waals surface area contributed by atoms with Crippen molar-refractivity contribution in [2.24, 2.45) is 0 Å². The Bertz CT molecular complexity index is 57.5. The van der Waals surface area contributed by atoms with Gasteiger partial charge in [-0.05, 0) is 19.8 Å². The van der Waals surface area contributed by atoms with Gasteiger partial charge in [0.25, 0.3) is 0 Å². The highest BCUT2D eigenvalue weighted by molar-refractivity contribution is 7.98. The fourth-order valence-electron chi connectivity index (χ4n) is 0.405. The van der Waals surface area contributed by atoms with Crippen LogP contribution in [0.3, 0.4) is 0 Å². The Morgan fingerprint density at radius 1 is 1.18 bits per heavy atom. The van der Waals surface area contributed by atoms with Gasteiger partial charge in [-0.2, -0.15) is 11.8 Å². The van der Waals surface area contributed by atoms with Crippen molar-refractivity contribution in [1.29, 1.82) is 0 Å². The molecular formula is C9H23NS. The predicted octanol–water partition coefficient (Wildman–Crippen LogP) is 2.72. The fraction of sp³-hybridized carbons (Fsp3) is 1.00. The number of rotatable bonds is 4. The SMILES string of the molecule is CCC.CCN(C)CCSC. The van der Waals surface area contributed by atoms with E-state index < -0.39 is 0 Å².